The fraction of sp³-hybridized carbons (Fsp3) is 0.529. The van der Waals surface area contributed by atoms with Crippen LogP contribution in [-0.2, 0) is 11.3 Å². The minimum absolute atomic E-state index is 0. The third-order valence-electron chi connectivity index (χ3n) is 4.94. The summed E-state index contributed by atoms with van der Waals surface area (Å²) in [5.74, 6) is 1.50. The number of hydrogen-bond donors (Lipinski definition) is 3. The average Bonchev–Trinajstić information content (AvgIpc) is 3.08. The number of nitrogens with one attached hydrogen (secondary N) is 3. The van der Waals surface area contributed by atoms with E-state index in [1.165, 1.54) is 12.8 Å². The fourth-order valence-corrected chi connectivity index (χ4v) is 3.95. The number of imidazole rings is 1. The molecule has 3 N–H and O–H groups in total. The highest BCUT2D eigenvalue weighted by Gasteiger charge is 2.34. The summed E-state index contributed by atoms with van der Waals surface area (Å²) < 4.78 is 0. The van der Waals surface area contributed by atoms with Crippen molar-refractivity contribution in [3.05, 3.63) is 30.1 Å². The molecule has 2 aliphatic heterocycles. The first-order valence-corrected chi connectivity index (χ1v) is 8.22. The van der Waals surface area contributed by atoms with Crippen LogP contribution in [0.3, 0.4) is 0 Å². The third kappa shape index (κ3) is 4.21. The molecule has 4 rings (SSSR count). The molecule has 0 radical (unpaired) electrons. The van der Waals surface area contributed by atoms with Gasteiger partial charge >= 0.3 is 0 Å². The summed E-state index contributed by atoms with van der Waals surface area (Å²) in [6.45, 7) is 0.478. The molecule has 7 heteroatoms. The number of fused-ring (bicyclic) bond motifs is 3. The van der Waals surface area contributed by atoms with Crippen LogP contribution in [0.2, 0.25) is 0 Å². The second-order valence-corrected chi connectivity index (χ2v) is 6.66. The number of rotatable bonds is 4. The maximum absolute atomic E-state index is 12.2. The summed E-state index contributed by atoms with van der Waals surface area (Å²) in [5, 5.41) is 6.62. The monoisotopic (exact) mass is 370 g/mol. The lowest BCUT2D eigenvalue weighted by Gasteiger charge is -2.28. The van der Waals surface area contributed by atoms with E-state index in [0.717, 1.165) is 29.7 Å². The van der Waals surface area contributed by atoms with Gasteiger partial charge in [0.25, 0.3) is 0 Å². The summed E-state index contributed by atoms with van der Waals surface area (Å²) in [5.41, 5.74) is 1.96. The van der Waals surface area contributed by atoms with Crippen LogP contribution in [0.5, 0.6) is 0 Å². The van der Waals surface area contributed by atoms with Gasteiger partial charge in [-0.15, -0.1) is 24.8 Å². The number of amides is 1. The number of carbonyl (C=O) groups is 1. The molecule has 24 heavy (non-hydrogen) atoms. The average molecular weight is 371 g/mol. The first kappa shape index (κ1) is 19.0. The molecule has 1 aromatic carbocycles. The molecule has 2 aliphatic rings. The molecule has 1 aromatic heterocycles. The SMILES string of the molecule is Cl.Cl.O=C(CC1CC2CCC(C1)N2)NCc1nc2ccccc2[nH]1. The molecule has 2 aromatic rings. The molecule has 2 saturated heterocycles. The van der Waals surface area contributed by atoms with Gasteiger partial charge in [-0.05, 0) is 43.7 Å². The summed E-state index contributed by atoms with van der Waals surface area (Å²) in [6.07, 6.45) is 5.50. The van der Waals surface area contributed by atoms with Gasteiger partial charge in [0.2, 0.25) is 5.91 Å². The number of benzene rings is 1. The second kappa shape index (κ2) is 8.19. The Balaban J connectivity index is 0.00000104. The predicted octanol–water partition coefficient (Wildman–Crippen LogP) is 2.94. The lowest BCUT2D eigenvalue weighted by Crippen LogP contribution is -2.39. The van der Waals surface area contributed by atoms with Crippen molar-refractivity contribution in [3.8, 4) is 0 Å². The maximum atomic E-state index is 12.2. The van der Waals surface area contributed by atoms with Crippen LogP contribution in [0.4, 0.5) is 0 Å². The van der Waals surface area contributed by atoms with E-state index in [-0.39, 0.29) is 30.7 Å². The van der Waals surface area contributed by atoms with E-state index in [4.69, 9.17) is 0 Å². The highest BCUT2D eigenvalue weighted by molar-refractivity contribution is 5.85. The van der Waals surface area contributed by atoms with E-state index in [2.05, 4.69) is 20.6 Å². The van der Waals surface area contributed by atoms with Crippen molar-refractivity contribution >= 4 is 41.8 Å². The Hall–Kier alpha value is -1.30. The molecule has 5 nitrogen and oxygen atoms in total. The molecular weight excluding hydrogens is 347 g/mol. The molecule has 2 atom stereocenters. The number of H-pyrrole nitrogens is 1. The van der Waals surface area contributed by atoms with E-state index in [1.54, 1.807) is 0 Å². The molecule has 2 unspecified atom stereocenters. The number of aromatic nitrogens is 2. The van der Waals surface area contributed by atoms with Gasteiger partial charge in [-0.25, -0.2) is 4.98 Å². The van der Waals surface area contributed by atoms with E-state index in [0.29, 0.717) is 31.0 Å². The van der Waals surface area contributed by atoms with E-state index >= 15 is 0 Å². The van der Waals surface area contributed by atoms with Gasteiger partial charge in [-0.1, -0.05) is 12.1 Å². The molecule has 2 fully saturated rings. The Labute approximate surface area is 154 Å². The highest BCUT2D eigenvalue weighted by Crippen LogP contribution is 2.32. The summed E-state index contributed by atoms with van der Waals surface area (Å²) in [6, 6.07) is 9.21. The normalized spacial score (nSPS) is 24.9. The van der Waals surface area contributed by atoms with E-state index in [9.17, 15) is 4.79 Å². The summed E-state index contributed by atoms with van der Waals surface area (Å²) >= 11 is 0. The van der Waals surface area contributed by atoms with Gasteiger partial charge in [-0.3, -0.25) is 4.79 Å². The lowest BCUT2D eigenvalue weighted by molar-refractivity contribution is -0.122. The quantitative estimate of drug-likeness (QED) is 0.774. The first-order valence-electron chi connectivity index (χ1n) is 8.22. The first-order chi connectivity index (χ1) is 10.8. The number of nitrogens with zero attached hydrogens (tertiary/aromatic N) is 1. The highest BCUT2D eigenvalue weighted by atomic mass is 35.5. The Morgan fingerprint density at radius 2 is 1.88 bits per heavy atom. The molecule has 2 bridgehead atoms. The van der Waals surface area contributed by atoms with Gasteiger partial charge in [0, 0.05) is 18.5 Å². The minimum atomic E-state index is 0. The number of piperidine rings is 1. The van der Waals surface area contributed by atoms with Crippen LogP contribution in [0.15, 0.2) is 24.3 Å². The van der Waals surface area contributed by atoms with E-state index in [1.807, 2.05) is 24.3 Å². The molecule has 0 saturated carbocycles. The van der Waals surface area contributed by atoms with Crippen LogP contribution in [0.25, 0.3) is 11.0 Å². The number of para-hydroxylation sites is 2. The predicted molar refractivity (Wildman–Crippen MR) is 99.7 cm³/mol. The number of aromatic amines is 1. The molecule has 1 amide bonds. The van der Waals surface area contributed by atoms with Crippen molar-refractivity contribution < 1.29 is 4.79 Å². The van der Waals surface area contributed by atoms with Crippen molar-refractivity contribution in [2.75, 3.05) is 0 Å². The van der Waals surface area contributed by atoms with Crippen molar-refractivity contribution in [3.63, 3.8) is 0 Å². The van der Waals surface area contributed by atoms with Crippen molar-refractivity contribution in [1.29, 1.82) is 0 Å². The van der Waals surface area contributed by atoms with Gasteiger partial charge < -0.3 is 15.6 Å². The van der Waals surface area contributed by atoms with Gasteiger partial charge in [-0.2, -0.15) is 0 Å². The fourth-order valence-electron chi connectivity index (χ4n) is 3.95. The largest absolute Gasteiger partial charge is 0.349 e. The van der Waals surface area contributed by atoms with Crippen LogP contribution in [0.1, 0.15) is 37.9 Å². The molecular formula is C17H24Cl2N4O. The number of hydrogen-bond acceptors (Lipinski definition) is 3. The molecule has 0 spiro atoms. The zero-order chi connectivity index (χ0) is 14.9. The standard InChI is InChI=1S/C17H22N4O.2ClH/c22-17(9-11-7-12-5-6-13(8-11)19-12)18-10-16-20-14-3-1-2-4-15(14)21-16;;/h1-4,11-13,19H,5-10H2,(H,18,22)(H,20,21);2*1H. The molecule has 132 valence electrons. The Bertz CT molecular complexity index is 645. The van der Waals surface area contributed by atoms with Gasteiger partial charge in [0.05, 0.1) is 17.6 Å². The Kier molecular flexibility index (Phi) is 6.49. The molecule has 3 heterocycles. The van der Waals surface area contributed by atoms with Crippen LogP contribution >= 0.6 is 24.8 Å². The summed E-state index contributed by atoms with van der Waals surface area (Å²) in [7, 11) is 0. The van der Waals surface area contributed by atoms with Crippen molar-refractivity contribution in [1.82, 2.24) is 20.6 Å². The Morgan fingerprint density at radius 1 is 1.17 bits per heavy atom. The molecule has 0 aliphatic carbocycles. The van der Waals surface area contributed by atoms with Crippen LogP contribution in [0, 0.1) is 5.92 Å². The Morgan fingerprint density at radius 3 is 2.58 bits per heavy atom. The lowest BCUT2D eigenvalue weighted by atomic mass is 9.89. The van der Waals surface area contributed by atoms with Crippen molar-refractivity contribution in [2.24, 2.45) is 5.92 Å². The van der Waals surface area contributed by atoms with Crippen LogP contribution in [-0.4, -0.2) is 28.0 Å². The topological polar surface area (TPSA) is 69.8 Å². The zero-order valence-corrected chi connectivity index (χ0v) is 15.1. The van der Waals surface area contributed by atoms with E-state index < -0.39 is 0 Å². The number of halogens is 2. The summed E-state index contributed by atoms with van der Waals surface area (Å²) in [4.78, 5) is 19.9. The van der Waals surface area contributed by atoms with Gasteiger partial charge in [0.1, 0.15) is 5.82 Å². The van der Waals surface area contributed by atoms with Crippen molar-refractivity contribution in [2.45, 2.75) is 50.7 Å². The van der Waals surface area contributed by atoms with Gasteiger partial charge in [0.15, 0.2) is 0 Å². The number of carbonyl (C=O) groups excluding carboxylic acids is 1. The van der Waals surface area contributed by atoms with Crippen LogP contribution < -0.4 is 10.6 Å². The smallest absolute Gasteiger partial charge is 0.220 e. The maximum Gasteiger partial charge on any atom is 0.220 e. The third-order valence-corrected chi connectivity index (χ3v) is 4.94. The zero-order valence-electron chi connectivity index (χ0n) is 13.5. The minimum Gasteiger partial charge on any atom is -0.349 e. The second-order valence-electron chi connectivity index (χ2n) is 6.66.